The quantitative estimate of drug-likeness (QED) is 0.678. The predicted molar refractivity (Wildman–Crippen MR) is 55.9 cm³/mol. The van der Waals surface area contributed by atoms with E-state index in [4.69, 9.17) is 0 Å². The van der Waals surface area contributed by atoms with Gasteiger partial charge in [-0.1, -0.05) is 0 Å². The van der Waals surface area contributed by atoms with E-state index in [-0.39, 0.29) is 5.91 Å². The Hall–Kier alpha value is -0.900. The van der Waals surface area contributed by atoms with Gasteiger partial charge >= 0.3 is 0 Å². The van der Waals surface area contributed by atoms with Crippen molar-refractivity contribution < 1.29 is 4.79 Å². The van der Waals surface area contributed by atoms with E-state index in [2.05, 4.69) is 17.9 Å². The van der Waals surface area contributed by atoms with Crippen molar-refractivity contribution in [2.24, 2.45) is 0 Å². The van der Waals surface area contributed by atoms with Crippen molar-refractivity contribution in [3.05, 3.63) is 24.5 Å². The number of carbonyl (C=O) groups is 1. The first-order valence-corrected chi connectivity index (χ1v) is 4.94. The lowest BCUT2D eigenvalue weighted by molar-refractivity contribution is -0.121. The molecule has 72 valence electrons. The highest BCUT2D eigenvalue weighted by atomic mass is 32.1. The van der Waals surface area contributed by atoms with Crippen LogP contribution in [-0.2, 0) is 11.3 Å². The molecule has 0 saturated carbocycles. The first-order valence-electron chi connectivity index (χ1n) is 4.31. The van der Waals surface area contributed by atoms with Crippen LogP contribution >= 0.6 is 12.6 Å². The number of carbonyl (C=O) groups excluding carboxylic acids is 1. The molecule has 1 rings (SSSR count). The molecule has 0 aliphatic carbocycles. The van der Waals surface area contributed by atoms with Crippen LogP contribution < -0.4 is 5.32 Å². The van der Waals surface area contributed by atoms with E-state index in [0.717, 1.165) is 6.54 Å². The highest BCUT2D eigenvalue weighted by Crippen LogP contribution is 1.92. The molecule has 0 spiro atoms. The second-order valence-electron chi connectivity index (χ2n) is 2.74. The summed E-state index contributed by atoms with van der Waals surface area (Å²) in [6, 6.07) is 3.90. The Bertz CT molecular complexity index is 246. The third-order valence-corrected chi connectivity index (χ3v) is 1.92. The molecule has 0 atom stereocenters. The van der Waals surface area contributed by atoms with Gasteiger partial charge in [0.05, 0.1) is 0 Å². The minimum absolute atomic E-state index is 0.0859. The number of rotatable bonds is 5. The second-order valence-corrected chi connectivity index (χ2v) is 3.19. The first kappa shape index (κ1) is 10.2. The van der Waals surface area contributed by atoms with Gasteiger partial charge in [-0.2, -0.15) is 12.6 Å². The summed E-state index contributed by atoms with van der Waals surface area (Å²) in [5.41, 5.74) is 0. The van der Waals surface area contributed by atoms with Gasteiger partial charge in [0.2, 0.25) is 5.91 Å². The highest BCUT2D eigenvalue weighted by molar-refractivity contribution is 7.80. The number of hydrogen-bond acceptors (Lipinski definition) is 2. The number of thiol groups is 1. The molecule has 1 N–H and O–H groups in total. The molecule has 13 heavy (non-hydrogen) atoms. The Morgan fingerprint density at radius 3 is 2.69 bits per heavy atom. The van der Waals surface area contributed by atoms with Crippen LogP contribution in [0.1, 0.15) is 6.42 Å². The number of aromatic nitrogens is 1. The average molecular weight is 198 g/mol. The third-order valence-electron chi connectivity index (χ3n) is 1.70. The van der Waals surface area contributed by atoms with Crippen molar-refractivity contribution in [1.82, 2.24) is 9.88 Å². The van der Waals surface area contributed by atoms with Crippen LogP contribution in [0, 0.1) is 0 Å². The summed E-state index contributed by atoms with van der Waals surface area (Å²) in [5, 5.41) is 2.77. The molecule has 0 saturated heterocycles. The lowest BCUT2D eigenvalue weighted by Crippen LogP contribution is -2.26. The SMILES string of the molecule is O=C(CCn1cccc1)NCCS. The lowest BCUT2D eigenvalue weighted by atomic mass is 10.4. The maximum absolute atomic E-state index is 11.1. The smallest absolute Gasteiger partial charge is 0.221 e. The van der Waals surface area contributed by atoms with Crippen molar-refractivity contribution in [2.75, 3.05) is 12.3 Å². The minimum atomic E-state index is 0.0859. The van der Waals surface area contributed by atoms with Crippen molar-refractivity contribution in [3.8, 4) is 0 Å². The molecule has 1 amide bonds. The molecule has 0 aliphatic rings. The Balaban J connectivity index is 2.15. The van der Waals surface area contributed by atoms with Crippen LogP contribution in [0.3, 0.4) is 0 Å². The van der Waals surface area contributed by atoms with Crippen LogP contribution in [0.4, 0.5) is 0 Å². The van der Waals surface area contributed by atoms with E-state index in [1.807, 2.05) is 29.1 Å². The summed E-state index contributed by atoms with van der Waals surface area (Å²) in [4.78, 5) is 11.1. The van der Waals surface area contributed by atoms with Gasteiger partial charge in [-0.05, 0) is 12.1 Å². The summed E-state index contributed by atoms with van der Waals surface area (Å²) >= 11 is 4.00. The summed E-state index contributed by atoms with van der Waals surface area (Å²) in [6.07, 6.45) is 4.43. The zero-order chi connectivity index (χ0) is 9.52. The van der Waals surface area contributed by atoms with Crippen LogP contribution in [0.2, 0.25) is 0 Å². The van der Waals surface area contributed by atoms with Gasteiger partial charge in [0, 0.05) is 37.7 Å². The first-order chi connectivity index (χ1) is 6.33. The largest absolute Gasteiger partial charge is 0.355 e. The Morgan fingerprint density at radius 1 is 1.38 bits per heavy atom. The standard InChI is InChI=1S/C9H14N2OS/c12-9(10-4-8-13)3-7-11-5-1-2-6-11/h1-2,5-6,13H,3-4,7-8H2,(H,10,12). The van der Waals surface area contributed by atoms with E-state index < -0.39 is 0 Å². The Kier molecular flexibility index (Phi) is 4.46. The molecule has 1 aromatic rings. The van der Waals surface area contributed by atoms with Crippen LogP contribution in [0.15, 0.2) is 24.5 Å². The lowest BCUT2D eigenvalue weighted by Gasteiger charge is -2.03. The maximum Gasteiger partial charge on any atom is 0.221 e. The summed E-state index contributed by atoms with van der Waals surface area (Å²) in [6.45, 7) is 1.39. The van der Waals surface area contributed by atoms with E-state index in [1.165, 1.54) is 0 Å². The zero-order valence-corrected chi connectivity index (χ0v) is 8.33. The number of nitrogens with one attached hydrogen (secondary N) is 1. The second kappa shape index (κ2) is 5.70. The van der Waals surface area contributed by atoms with Gasteiger partial charge in [0.1, 0.15) is 0 Å². The molecular formula is C9H14N2OS. The van der Waals surface area contributed by atoms with E-state index in [1.54, 1.807) is 0 Å². The van der Waals surface area contributed by atoms with Gasteiger partial charge in [-0.15, -0.1) is 0 Å². The van der Waals surface area contributed by atoms with Crippen LogP contribution in [0.5, 0.6) is 0 Å². The summed E-state index contributed by atoms with van der Waals surface area (Å²) < 4.78 is 1.99. The molecule has 3 nitrogen and oxygen atoms in total. The molecule has 0 aliphatic heterocycles. The van der Waals surface area contributed by atoms with Gasteiger partial charge < -0.3 is 9.88 Å². The number of hydrogen-bond donors (Lipinski definition) is 2. The molecule has 0 radical (unpaired) electrons. The minimum Gasteiger partial charge on any atom is -0.355 e. The fourth-order valence-corrected chi connectivity index (χ4v) is 1.15. The number of amides is 1. The molecular weight excluding hydrogens is 184 g/mol. The monoisotopic (exact) mass is 198 g/mol. The van der Waals surface area contributed by atoms with Gasteiger partial charge in [0.25, 0.3) is 0 Å². The topological polar surface area (TPSA) is 34.0 Å². The van der Waals surface area contributed by atoms with Crippen molar-refractivity contribution in [3.63, 3.8) is 0 Å². The molecule has 0 bridgehead atoms. The Morgan fingerprint density at radius 2 is 2.08 bits per heavy atom. The normalized spacial score (nSPS) is 9.92. The fourth-order valence-electron chi connectivity index (χ4n) is 1.03. The van der Waals surface area contributed by atoms with Gasteiger partial charge in [0.15, 0.2) is 0 Å². The van der Waals surface area contributed by atoms with Crippen molar-refractivity contribution in [2.45, 2.75) is 13.0 Å². The van der Waals surface area contributed by atoms with Gasteiger partial charge in [-0.25, -0.2) is 0 Å². The summed E-state index contributed by atoms with van der Waals surface area (Å²) in [5.74, 6) is 0.776. The van der Waals surface area contributed by atoms with Crippen LogP contribution in [-0.4, -0.2) is 22.8 Å². The molecule has 0 unspecified atom stereocenters. The third kappa shape index (κ3) is 4.03. The fraction of sp³-hybridized carbons (Fsp3) is 0.444. The molecule has 1 aromatic heterocycles. The number of nitrogens with zero attached hydrogens (tertiary/aromatic N) is 1. The molecule has 4 heteroatoms. The van der Waals surface area contributed by atoms with E-state index >= 15 is 0 Å². The zero-order valence-electron chi connectivity index (χ0n) is 7.44. The van der Waals surface area contributed by atoms with E-state index in [0.29, 0.717) is 18.7 Å². The maximum atomic E-state index is 11.1. The average Bonchev–Trinajstić information content (AvgIpc) is 2.64. The van der Waals surface area contributed by atoms with Crippen LogP contribution in [0.25, 0.3) is 0 Å². The molecule has 1 heterocycles. The van der Waals surface area contributed by atoms with Gasteiger partial charge in [-0.3, -0.25) is 4.79 Å². The highest BCUT2D eigenvalue weighted by Gasteiger charge is 1.98. The predicted octanol–water partition coefficient (Wildman–Crippen LogP) is 0.924. The summed E-state index contributed by atoms with van der Waals surface area (Å²) in [7, 11) is 0. The van der Waals surface area contributed by atoms with Crippen molar-refractivity contribution in [1.29, 1.82) is 0 Å². The molecule has 0 fully saturated rings. The number of aryl methyl sites for hydroxylation is 1. The molecule has 0 aromatic carbocycles. The van der Waals surface area contributed by atoms with E-state index in [9.17, 15) is 4.79 Å². The van der Waals surface area contributed by atoms with Crippen molar-refractivity contribution >= 4 is 18.5 Å². The Labute approximate surface area is 83.5 Å².